The zero-order valence-electron chi connectivity index (χ0n) is 17.9. The molecule has 1 aliphatic rings. The molecule has 0 saturated carbocycles. The first-order valence-electron chi connectivity index (χ1n) is 9.96. The molecule has 8 heteroatoms. The average Bonchev–Trinajstić information content (AvgIpc) is 3.10. The molecule has 6 nitrogen and oxygen atoms in total. The zero-order valence-corrected chi connectivity index (χ0v) is 18.7. The van der Waals surface area contributed by atoms with Gasteiger partial charge >= 0.3 is 0 Å². The SMILES string of the molecule is COc1cc(/C=C2\SC(=O)N(c3ccccc3OC)C2=O)ccc1OCc1cccc(F)c1. The minimum atomic E-state index is -0.431. The second kappa shape index (κ2) is 9.79. The second-order valence-electron chi connectivity index (χ2n) is 7.02. The highest BCUT2D eigenvalue weighted by Crippen LogP contribution is 2.40. The standard InChI is InChI=1S/C25H20FNO5S/c1-30-20-9-4-3-8-19(20)27-24(28)23(33-25(27)29)14-16-10-11-21(22(13-16)31-2)32-15-17-6-5-7-18(26)12-17/h3-14H,15H2,1-2H3/b23-14-. The number of methoxy groups -OCH3 is 2. The van der Waals surface area contributed by atoms with Gasteiger partial charge in [-0.15, -0.1) is 0 Å². The predicted octanol–water partition coefficient (Wildman–Crippen LogP) is 5.66. The van der Waals surface area contributed by atoms with Crippen LogP contribution in [-0.2, 0) is 11.4 Å². The van der Waals surface area contributed by atoms with Gasteiger partial charge in [0.15, 0.2) is 11.5 Å². The summed E-state index contributed by atoms with van der Waals surface area (Å²) in [5.41, 5.74) is 1.74. The molecule has 3 aromatic rings. The average molecular weight is 466 g/mol. The third kappa shape index (κ3) is 4.85. The summed E-state index contributed by atoms with van der Waals surface area (Å²) in [5, 5.41) is -0.405. The first-order valence-corrected chi connectivity index (χ1v) is 10.8. The number of halogens is 1. The van der Waals surface area contributed by atoms with Crippen LogP contribution in [0.15, 0.2) is 71.6 Å². The van der Waals surface area contributed by atoms with E-state index in [2.05, 4.69) is 0 Å². The quantitative estimate of drug-likeness (QED) is 0.420. The van der Waals surface area contributed by atoms with Gasteiger partial charge in [0.1, 0.15) is 18.2 Å². The van der Waals surface area contributed by atoms with E-state index in [4.69, 9.17) is 14.2 Å². The van der Waals surface area contributed by atoms with Gasteiger partial charge in [-0.3, -0.25) is 9.59 Å². The van der Waals surface area contributed by atoms with Crippen LogP contribution in [-0.4, -0.2) is 25.4 Å². The van der Waals surface area contributed by atoms with Gasteiger partial charge in [-0.2, -0.15) is 0 Å². The fraction of sp³-hybridized carbons (Fsp3) is 0.120. The van der Waals surface area contributed by atoms with Crippen molar-refractivity contribution < 1.29 is 28.2 Å². The lowest BCUT2D eigenvalue weighted by atomic mass is 10.1. The molecule has 0 atom stereocenters. The summed E-state index contributed by atoms with van der Waals surface area (Å²) in [5.74, 6) is 0.591. The van der Waals surface area contributed by atoms with Crippen LogP contribution in [0.1, 0.15) is 11.1 Å². The summed E-state index contributed by atoms with van der Waals surface area (Å²) in [4.78, 5) is 26.9. The summed E-state index contributed by atoms with van der Waals surface area (Å²) in [6.07, 6.45) is 1.62. The van der Waals surface area contributed by atoms with Crippen molar-refractivity contribution in [3.8, 4) is 17.2 Å². The molecule has 0 unspecified atom stereocenters. The summed E-state index contributed by atoms with van der Waals surface area (Å²) >= 11 is 0.853. The first kappa shape index (κ1) is 22.4. The lowest BCUT2D eigenvalue weighted by Crippen LogP contribution is -2.28. The topological polar surface area (TPSA) is 65.1 Å². The summed E-state index contributed by atoms with van der Waals surface area (Å²) in [7, 11) is 2.99. The number of rotatable bonds is 7. The van der Waals surface area contributed by atoms with E-state index >= 15 is 0 Å². The van der Waals surface area contributed by atoms with E-state index in [0.29, 0.717) is 34.1 Å². The van der Waals surface area contributed by atoms with Crippen LogP contribution in [0.4, 0.5) is 14.9 Å². The molecule has 168 valence electrons. The smallest absolute Gasteiger partial charge is 0.298 e. The first-order chi connectivity index (χ1) is 16.0. The second-order valence-corrected chi connectivity index (χ2v) is 8.01. The highest BCUT2D eigenvalue weighted by molar-refractivity contribution is 8.19. The van der Waals surface area contributed by atoms with Gasteiger partial charge in [0.25, 0.3) is 11.1 Å². The van der Waals surface area contributed by atoms with Gasteiger partial charge in [-0.1, -0.05) is 30.3 Å². The molecule has 3 aromatic carbocycles. The molecule has 1 saturated heterocycles. The van der Waals surface area contributed by atoms with Gasteiger partial charge in [-0.25, -0.2) is 9.29 Å². The molecule has 4 rings (SSSR count). The number of benzene rings is 3. The fourth-order valence-electron chi connectivity index (χ4n) is 3.32. The Kier molecular flexibility index (Phi) is 6.65. The Morgan fingerprint density at radius 2 is 1.70 bits per heavy atom. The minimum Gasteiger partial charge on any atom is -0.495 e. The number of anilines is 1. The van der Waals surface area contributed by atoms with Crippen LogP contribution in [0.3, 0.4) is 0 Å². The van der Waals surface area contributed by atoms with Gasteiger partial charge in [-0.05, 0) is 65.4 Å². The molecule has 0 aromatic heterocycles. The third-order valence-electron chi connectivity index (χ3n) is 4.89. The van der Waals surface area contributed by atoms with Gasteiger partial charge in [0.05, 0.1) is 24.8 Å². The lowest BCUT2D eigenvalue weighted by Gasteiger charge is -2.15. The number of imide groups is 1. The number of nitrogens with zero attached hydrogens (tertiary/aromatic N) is 1. The van der Waals surface area contributed by atoms with Gasteiger partial charge < -0.3 is 14.2 Å². The van der Waals surface area contributed by atoms with Crippen molar-refractivity contribution >= 4 is 34.7 Å². The Hall–Kier alpha value is -3.78. The van der Waals surface area contributed by atoms with E-state index in [0.717, 1.165) is 16.7 Å². The molecule has 0 aliphatic carbocycles. The number of amides is 2. The van der Waals surface area contributed by atoms with E-state index < -0.39 is 11.1 Å². The molecule has 1 fully saturated rings. The molecule has 1 aliphatic heterocycles. The van der Waals surface area contributed by atoms with Gasteiger partial charge in [0, 0.05) is 0 Å². The maximum atomic E-state index is 13.4. The monoisotopic (exact) mass is 465 g/mol. The van der Waals surface area contributed by atoms with E-state index in [1.54, 1.807) is 60.7 Å². The highest BCUT2D eigenvalue weighted by Gasteiger charge is 2.37. The van der Waals surface area contributed by atoms with Gasteiger partial charge in [0.2, 0.25) is 0 Å². The Morgan fingerprint density at radius 1 is 0.909 bits per heavy atom. The van der Waals surface area contributed by atoms with Crippen LogP contribution in [0, 0.1) is 5.82 Å². The van der Waals surface area contributed by atoms with Crippen LogP contribution in [0.5, 0.6) is 17.2 Å². The number of hydrogen-bond donors (Lipinski definition) is 0. The molecule has 1 heterocycles. The Morgan fingerprint density at radius 3 is 2.45 bits per heavy atom. The van der Waals surface area contributed by atoms with E-state index in [9.17, 15) is 14.0 Å². The summed E-state index contributed by atoms with van der Waals surface area (Å²) in [6.45, 7) is 0.172. The van der Waals surface area contributed by atoms with E-state index in [-0.39, 0.29) is 17.3 Å². The minimum absolute atomic E-state index is 0.172. The maximum absolute atomic E-state index is 13.4. The molecule has 0 bridgehead atoms. The molecular weight excluding hydrogens is 445 g/mol. The van der Waals surface area contributed by atoms with E-state index in [1.165, 1.54) is 26.4 Å². The fourth-order valence-corrected chi connectivity index (χ4v) is 4.16. The normalized spacial score (nSPS) is 14.6. The number of hydrogen-bond acceptors (Lipinski definition) is 6. The van der Waals surface area contributed by atoms with E-state index in [1.807, 2.05) is 0 Å². The molecule has 0 spiro atoms. The molecule has 0 N–H and O–H groups in total. The van der Waals surface area contributed by atoms with Crippen LogP contribution in [0.25, 0.3) is 6.08 Å². The number of ether oxygens (including phenoxy) is 3. The van der Waals surface area contributed by atoms with Crippen LogP contribution in [0.2, 0.25) is 0 Å². The molecule has 0 radical (unpaired) electrons. The highest BCUT2D eigenvalue weighted by atomic mass is 32.2. The Labute approximate surface area is 194 Å². The predicted molar refractivity (Wildman–Crippen MR) is 125 cm³/mol. The third-order valence-corrected chi connectivity index (χ3v) is 5.76. The van der Waals surface area contributed by atoms with Crippen LogP contribution >= 0.6 is 11.8 Å². The van der Waals surface area contributed by atoms with Crippen molar-refractivity contribution in [2.24, 2.45) is 0 Å². The summed E-state index contributed by atoms with van der Waals surface area (Å²) < 4.78 is 29.8. The zero-order chi connectivity index (χ0) is 23.4. The number of para-hydroxylation sites is 2. The van der Waals surface area contributed by atoms with Crippen molar-refractivity contribution in [3.63, 3.8) is 0 Å². The molecular formula is C25H20FNO5S. The molecule has 2 amide bonds. The lowest BCUT2D eigenvalue weighted by molar-refractivity contribution is -0.113. The number of thioether (sulfide) groups is 1. The van der Waals surface area contributed by atoms with Crippen molar-refractivity contribution in [1.29, 1.82) is 0 Å². The maximum Gasteiger partial charge on any atom is 0.298 e. The Balaban J connectivity index is 1.55. The molecule has 33 heavy (non-hydrogen) atoms. The Bertz CT molecular complexity index is 1240. The number of carbonyl (C=O) groups excluding carboxylic acids is 2. The van der Waals surface area contributed by atoms with Crippen molar-refractivity contribution in [3.05, 3.63) is 88.6 Å². The summed E-state index contributed by atoms with van der Waals surface area (Å²) in [6, 6.07) is 18.2. The number of carbonyl (C=O) groups is 2. The van der Waals surface area contributed by atoms with Crippen molar-refractivity contribution in [2.45, 2.75) is 6.61 Å². The van der Waals surface area contributed by atoms with Crippen LogP contribution < -0.4 is 19.1 Å². The largest absolute Gasteiger partial charge is 0.495 e. The van der Waals surface area contributed by atoms with Crippen molar-refractivity contribution in [1.82, 2.24) is 0 Å². The van der Waals surface area contributed by atoms with Crippen molar-refractivity contribution in [2.75, 3.05) is 19.1 Å².